The van der Waals surface area contributed by atoms with Crippen LogP contribution in [0.5, 0.6) is 5.75 Å². The van der Waals surface area contributed by atoms with E-state index in [4.69, 9.17) is 4.74 Å². The quantitative estimate of drug-likeness (QED) is 0.807. The lowest BCUT2D eigenvalue weighted by Gasteiger charge is -2.35. The van der Waals surface area contributed by atoms with Crippen molar-refractivity contribution in [3.05, 3.63) is 29.8 Å². The van der Waals surface area contributed by atoms with Crippen molar-refractivity contribution >= 4 is 15.7 Å². The number of hydrogen-bond acceptors (Lipinski definition) is 5. The Balaban J connectivity index is 2.19. The molecule has 0 spiro atoms. The summed E-state index contributed by atoms with van der Waals surface area (Å²) in [6.07, 6.45) is 1.74. The molecular weight excluding hydrogens is 328 g/mol. The summed E-state index contributed by atoms with van der Waals surface area (Å²) in [5, 5.41) is 5.99. The van der Waals surface area contributed by atoms with Crippen LogP contribution in [0.3, 0.4) is 0 Å². The first kappa shape index (κ1) is 18.7. The fourth-order valence-corrected chi connectivity index (χ4v) is 4.39. The Hall–Kier alpha value is -1.60. The van der Waals surface area contributed by atoms with Gasteiger partial charge in [0, 0.05) is 6.26 Å². The molecule has 0 aliphatic carbocycles. The van der Waals surface area contributed by atoms with E-state index >= 15 is 0 Å². The second-order valence-electron chi connectivity index (χ2n) is 6.22. The number of carbonyl (C=O) groups excluding carboxylic acids is 1. The smallest absolute Gasteiger partial charge is 0.242 e. The largest absolute Gasteiger partial charge is 0.494 e. The lowest BCUT2D eigenvalue weighted by molar-refractivity contribution is -0.125. The average Bonchev–Trinajstić information content (AvgIpc) is 2.55. The van der Waals surface area contributed by atoms with Gasteiger partial charge in [-0.1, -0.05) is 12.1 Å². The fourth-order valence-electron chi connectivity index (χ4n) is 3.05. The zero-order valence-corrected chi connectivity index (χ0v) is 15.3. The number of rotatable bonds is 6. The van der Waals surface area contributed by atoms with Crippen LogP contribution < -0.4 is 15.4 Å². The van der Waals surface area contributed by atoms with E-state index in [1.807, 2.05) is 38.1 Å². The maximum absolute atomic E-state index is 12.8. The fraction of sp³-hybridized carbons (Fsp3) is 0.588. The Morgan fingerprint density at radius 1 is 1.38 bits per heavy atom. The van der Waals surface area contributed by atoms with E-state index in [0.29, 0.717) is 32.5 Å². The van der Waals surface area contributed by atoms with E-state index in [0.717, 1.165) is 17.6 Å². The lowest BCUT2D eigenvalue weighted by Crippen LogP contribution is -2.57. The number of amides is 1. The molecule has 1 unspecified atom stereocenters. The summed E-state index contributed by atoms with van der Waals surface area (Å²) in [4.78, 5) is 12.8. The van der Waals surface area contributed by atoms with Crippen LogP contribution in [0, 0.1) is 0 Å². The normalized spacial score (nSPS) is 18.6. The maximum Gasteiger partial charge on any atom is 0.242 e. The molecule has 1 atom stereocenters. The Morgan fingerprint density at radius 2 is 2.04 bits per heavy atom. The summed E-state index contributed by atoms with van der Waals surface area (Å²) >= 11 is 0. The molecule has 1 aliphatic rings. The van der Waals surface area contributed by atoms with Gasteiger partial charge in [0.05, 0.1) is 12.6 Å². The third-order valence-electron chi connectivity index (χ3n) is 4.55. The van der Waals surface area contributed by atoms with Crippen molar-refractivity contribution in [2.24, 2.45) is 0 Å². The van der Waals surface area contributed by atoms with E-state index in [9.17, 15) is 13.2 Å². The van der Waals surface area contributed by atoms with Gasteiger partial charge >= 0.3 is 0 Å². The van der Waals surface area contributed by atoms with Crippen LogP contribution in [0.15, 0.2) is 24.3 Å². The zero-order chi connectivity index (χ0) is 17.8. The monoisotopic (exact) mass is 354 g/mol. The summed E-state index contributed by atoms with van der Waals surface area (Å²) in [6, 6.07) is 7.17. The summed E-state index contributed by atoms with van der Waals surface area (Å²) in [5.41, 5.74) is 0.881. The van der Waals surface area contributed by atoms with Gasteiger partial charge in [-0.3, -0.25) is 4.79 Å². The van der Waals surface area contributed by atoms with Gasteiger partial charge in [0.25, 0.3) is 0 Å². The Morgan fingerprint density at radius 3 is 2.62 bits per heavy atom. The molecule has 1 aromatic carbocycles. The number of nitrogens with one attached hydrogen (secondary N) is 2. The third kappa shape index (κ3) is 3.89. The minimum Gasteiger partial charge on any atom is -0.494 e. The highest BCUT2D eigenvalue weighted by Crippen LogP contribution is 2.29. The molecule has 0 bridgehead atoms. The second-order valence-corrected chi connectivity index (χ2v) is 8.54. The average molecular weight is 354 g/mol. The van der Waals surface area contributed by atoms with Crippen LogP contribution >= 0.6 is 0 Å². The molecule has 7 heteroatoms. The van der Waals surface area contributed by atoms with E-state index < -0.39 is 20.5 Å². The molecule has 24 heavy (non-hydrogen) atoms. The Bertz CT molecular complexity index is 682. The van der Waals surface area contributed by atoms with Crippen molar-refractivity contribution < 1.29 is 17.9 Å². The molecule has 1 saturated heterocycles. The van der Waals surface area contributed by atoms with Crippen molar-refractivity contribution in [3.63, 3.8) is 0 Å². The molecule has 2 rings (SSSR count). The molecule has 1 amide bonds. The first-order chi connectivity index (χ1) is 11.3. The minimum atomic E-state index is -3.51. The third-order valence-corrected chi connectivity index (χ3v) is 6.56. The van der Waals surface area contributed by atoms with Crippen LogP contribution in [0.1, 0.15) is 38.3 Å². The van der Waals surface area contributed by atoms with E-state index in [1.54, 1.807) is 0 Å². The predicted octanol–water partition coefficient (Wildman–Crippen LogP) is 1.43. The first-order valence-electron chi connectivity index (χ1n) is 8.24. The number of sulfone groups is 1. The molecule has 6 nitrogen and oxygen atoms in total. The zero-order valence-electron chi connectivity index (χ0n) is 14.5. The molecule has 0 radical (unpaired) electrons. The standard InChI is InChI=1S/C17H26N2O4S/c1-4-23-15-7-5-6-14(12-15)13(2)19-16(20)17(24(3,21)22)8-10-18-11-9-17/h5-7,12-13,18H,4,8-11H2,1-3H3,(H,19,20). The predicted molar refractivity (Wildman–Crippen MR) is 93.8 cm³/mol. The summed E-state index contributed by atoms with van der Waals surface area (Å²) < 4.78 is 28.7. The molecule has 1 aromatic rings. The molecular formula is C17H26N2O4S. The van der Waals surface area contributed by atoms with Crippen molar-refractivity contribution in [2.75, 3.05) is 26.0 Å². The summed E-state index contributed by atoms with van der Waals surface area (Å²) in [6.45, 7) is 5.36. The highest BCUT2D eigenvalue weighted by atomic mass is 32.2. The number of hydrogen-bond donors (Lipinski definition) is 2. The van der Waals surface area contributed by atoms with Gasteiger partial charge in [-0.2, -0.15) is 0 Å². The van der Waals surface area contributed by atoms with Crippen molar-refractivity contribution in [3.8, 4) is 5.75 Å². The molecule has 0 aromatic heterocycles. The van der Waals surface area contributed by atoms with Crippen molar-refractivity contribution in [2.45, 2.75) is 37.5 Å². The van der Waals surface area contributed by atoms with E-state index in [2.05, 4.69) is 10.6 Å². The number of benzene rings is 1. The number of ether oxygens (including phenoxy) is 1. The Labute approximate surface area is 143 Å². The van der Waals surface area contributed by atoms with Gasteiger partial charge in [-0.15, -0.1) is 0 Å². The van der Waals surface area contributed by atoms with Gasteiger partial charge in [0.15, 0.2) is 14.6 Å². The number of piperidine rings is 1. The van der Waals surface area contributed by atoms with Crippen LogP contribution in [0.2, 0.25) is 0 Å². The molecule has 0 saturated carbocycles. The first-order valence-corrected chi connectivity index (χ1v) is 10.1. The second kappa shape index (κ2) is 7.53. The topological polar surface area (TPSA) is 84.5 Å². The summed E-state index contributed by atoms with van der Waals surface area (Å²) in [7, 11) is -3.51. The van der Waals surface area contributed by atoms with Crippen molar-refractivity contribution in [1.82, 2.24) is 10.6 Å². The highest BCUT2D eigenvalue weighted by molar-refractivity contribution is 7.92. The molecule has 1 fully saturated rings. The van der Waals surface area contributed by atoms with Gasteiger partial charge in [0.1, 0.15) is 5.75 Å². The van der Waals surface area contributed by atoms with E-state index in [-0.39, 0.29) is 6.04 Å². The molecule has 134 valence electrons. The van der Waals surface area contributed by atoms with Crippen LogP contribution in [-0.2, 0) is 14.6 Å². The van der Waals surface area contributed by atoms with Gasteiger partial charge in [-0.05, 0) is 57.5 Å². The maximum atomic E-state index is 12.8. The number of carbonyl (C=O) groups is 1. The molecule has 1 aliphatic heterocycles. The Kier molecular flexibility index (Phi) is 5.87. The van der Waals surface area contributed by atoms with E-state index in [1.165, 1.54) is 0 Å². The van der Waals surface area contributed by atoms with Crippen LogP contribution in [0.25, 0.3) is 0 Å². The van der Waals surface area contributed by atoms with Gasteiger partial charge < -0.3 is 15.4 Å². The van der Waals surface area contributed by atoms with Crippen LogP contribution in [0.4, 0.5) is 0 Å². The van der Waals surface area contributed by atoms with Gasteiger partial charge in [0.2, 0.25) is 5.91 Å². The minimum absolute atomic E-state index is 0.295. The highest BCUT2D eigenvalue weighted by Gasteiger charge is 2.48. The SMILES string of the molecule is CCOc1cccc(C(C)NC(=O)C2(S(C)(=O)=O)CCNCC2)c1. The van der Waals surface area contributed by atoms with Crippen LogP contribution in [-0.4, -0.2) is 45.0 Å². The lowest BCUT2D eigenvalue weighted by atomic mass is 9.95. The summed E-state index contributed by atoms with van der Waals surface area (Å²) in [5.74, 6) is 0.316. The van der Waals surface area contributed by atoms with Crippen molar-refractivity contribution in [1.29, 1.82) is 0 Å². The van der Waals surface area contributed by atoms with Gasteiger partial charge in [-0.25, -0.2) is 8.42 Å². The molecule has 1 heterocycles. The molecule has 2 N–H and O–H groups in total.